The Morgan fingerprint density at radius 1 is 1.15 bits per heavy atom. The number of nitrogens with one attached hydrogen (secondary N) is 1. The zero-order valence-electron chi connectivity index (χ0n) is 19.7. The van der Waals surface area contributed by atoms with Gasteiger partial charge in [0.05, 0.1) is 0 Å². The Kier molecular flexibility index (Phi) is 7.22. The third-order valence-electron chi connectivity index (χ3n) is 6.81. The summed E-state index contributed by atoms with van der Waals surface area (Å²) in [5.41, 5.74) is 10.1. The number of nitrogens with two attached hydrogens (primary N) is 1. The lowest BCUT2D eigenvalue weighted by Crippen LogP contribution is -2.50. The number of ether oxygens (including phenoxy) is 2. The van der Waals surface area contributed by atoms with Crippen LogP contribution in [-0.4, -0.2) is 60.4 Å². The Hall–Kier alpha value is -2.61. The van der Waals surface area contributed by atoms with Crippen molar-refractivity contribution < 1.29 is 19.4 Å². The summed E-state index contributed by atoms with van der Waals surface area (Å²) in [6, 6.07) is 11.7. The number of amides is 1. The second kappa shape index (κ2) is 10.1. The molecule has 0 aliphatic carbocycles. The number of hydrogen-bond acceptors (Lipinski definition) is 6. The Morgan fingerprint density at radius 3 is 2.52 bits per heavy atom. The van der Waals surface area contributed by atoms with Gasteiger partial charge >= 0.3 is 0 Å². The van der Waals surface area contributed by atoms with Crippen molar-refractivity contribution in [2.45, 2.75) is 57.9 Å². The van der Waals surface area contributed by atoms with Gasteiger partial charge in [0.1, 0.15) is 18.8 Å². The van der Waals surface area contributed by atoms with Crippen molar-refractivity contribution in [1.29, 1.82) is 0 Å². The molecule has 2 aromatic rings. The number of primary amides is 1. The van der Waals surface area contributed by atoms with Crippen molar-refractivity contribution in [3.8, 4) is 11.5 Å². The van der Waals surface area contributed by atoms with Crippen molar-refractivity contribution >= 4 is 5.91 Å². The van der Waals surface area contributed by atoms with Gasteiger partial charge in [-0.3, -0.25) is 9.69 Å². The van der Waals surface area contributed by atoms with Gasteiger partial charge < -0.3 is 25.6 Å². The lowest BCUT2D eigenvalue weighted by Gasteiger charge is -2.38. The maximum absolute atomic E-state index is 12.4. The van der Waals surface area contributed by atoms with Crippen LogP contribution in [0.5, 0.6) is 11.5 Å². The molecule has 0 bridgehead atoms. The molecule has 0 aromatic heterocycles. The average Bonchev–Trinajstić information content (AvgIpc) is 2.79. The summed E-state index contributed by atoms with van der Waals surface area (Å²) in [6.07, 6.45) is 0.677. The molecule has 4 N–H and O–H groups in total. The fourth-order valence-electron chi connectivity index (χ4n) is 4.93. The second-order valence-corrected chi connectivity index (χ2v) is 9.31. The van der Waals surface area contributed by atoms with E-state index in [1.807, 2.05) is 57.2 Å². The molecular formula is C26H35N3O4. The predicted octanol–water partition coefficient (Wildman–Crippen LogP) is 2.39. The smallest absolute Gasteiger partial charge is 0.239 e. The SMILES string of the molecule is Cc1ccc2c(c1)OC(C(O)CNC1CCN(C(C(N)=O)c3c(C)cccc3C)CC1)CO2. The van der Waals surface area contributed by atoms with Gasteiger partial charge in [0.2, 0.25) is 5.91 Å². The Morgan fingerprint density at radius 2 is 1.85 bits per heavy atom. The Bertz CT molecular complexity index is 967. The maximum Gasteiger partial charge on any atom is 0.239 e. The summed E-state index contributed by atoms with van der Waals surface area (Å²) < 4.78 is 11.8. The van der Waals surface area contributed by atoms with E-state index in [1.54, 1.807) is 0 Å². The van der Waals surface area contributed by atoms with E-state index in [1.165, 1.54) is 0 Å². The van der Waals surface area contributed by atoms with Gasteiger partial charge in [-0.05, 0) is 68.0 Å². The van der Waals surface area contributed by atoms with Crippen molar-refractivity contribution in [2.75, 3.05) is 26.2 Å². The molecule has 4 rings (SSSR count). The third kappa shape index (κ3) is 5.32. The number of nitrogens with zero attached hydrogens (tertiary/aromatic N) is 1. The van der Waals surface area contributed by atoms with Crippen LogP contribution in [0.3, 0.4) is 0 Å². The van der Waals surface area contributed by atoms with Gasteiger partial charge in [0, 0.05) is 25.7 Å². The average molecular weight is 454 g/mol. The van der Waals surface area contributed by atoms with Gasteiger partial charge in [0.25, 0.3) is 0 Å². The number of likely N-dealkylation sites (tertiary alicyclic amines) is 1. The fourth-order valence-corrected chi connectivity index (χ4v) is 4.93. The highest BCUT2D eigenvalue weighted by atomic mass is 16.6. The quantitative estimate of drug-likeness (QED) is 0.596. The highest BCUT2D eigenvalue weighted by molar-refractivity contribution is 5.82. The molecule has 3 unspecified atom stereocenters. The van der Waals surface area contributed by atoms with Gasteiger partial charge in [-0.15, -0.1) is 0 Å². The minimum Gasteiger partial charge on any atom is -0.486 e. The van der Waals surface area contributed by atoms with E-state index in [0.717, 1.165) is 53.9 Å². The molecule has 0 spiro atoms. The summed E-state index contributed by atoms with van der Waals surface area (Å²) >= 11 is 0. The van der Waals surface area contributed by atoms with Crippen LogP contribution in [0.1, 0.15) is 41.1 Å². The van der Waals surface area contributed by atoms with Crippen molar-refractivity contribution in [1.82, 2.24) is 10.2 Å². The van der Waals surface area contributed by atoms with E-state index >= 15 is 0 Å². The van der Waals surface area contributed by atoms with E-state index in [-0.39, 0.29) is 11.9 Å². The molecule has 3 atom stereocenters. The lowest BCUT2D eigenvalue weighted by atomic mass is 9.92. The molecule has 33 heavy (non-hydrogen) atoms. The van der Waals surface area contributed by atoms with Gasteiger partial charge in [-0.2, -0.15) is 0 Å². The number of aliphatic hydroxyl groups is 1. The van der Waals surface area contributed by atoms with Gasteiger partial charge in [-0.25, -0.2) is 0 Å². The van der Waals surface area contributed by atoms with Crippen LogP contribution >= 0.6 is 0 Å². The first-order chi connectivity index (χ1) is 15.8. The van der Waals surface area contributed by atoms with E-state index < -0.39 is 18.2 Å². The summed E-state index contributed by atoms with van der Waals surface area (Å²) in [7, 11) is 0. The maximum atomic E-state index is 12.4. The molecule has 0 saturated carbocycles. The molecule has 7 nitrogen and oxygen atoms in total. The topological polar surface area (TPSA) is 97.0 Å². The number of piperidine rings is 1. The second-order valence-electron chi connectivity index (χ2n) is 9.31. The number of aryl methyl sites for hydroxylation is 3. The largest absolute Gasteiger partial charge is 0.486 e. The summed E-state index contributed by atoms with van der Waals surface area (Å²) in [6.45, 7) is 8.36. The van der Waals surface area contributed by atoms with Crippen LogP contribution in [0.2, 0.25) is 0 Å². The monoisotopic (exact) mass is 453 g/mol. The van der Waals surface area contributed by atoms with E-state index in [9.17, 15) is 9.90 Å². The van der Waals surface area contributed by atoms with Gasteiger partial charge in [0.15, 0.2) is 17.6 Å². The first-order valence-corrected chi connectivity index (χ1v) is 11.7. The number of benzene rings is 2. The number of aliphatic hydroxyl groups excluding tert-OH is 1. The van der Waals surface area contributed by atoms with Gasteiger partial charge in [-0.1, -0.05) is 24.3 Å². The zero-order chi connectivity index (χ0) is 23.5. The molecular weight excluding hydrogens is 418 g/mol. The fraction of sp³-hybridized carbons (Fsp3) is 0.500. The molecule has 0 radical (unpaired) electrons. The Labute approximate surface area is 195 Å². The van der Waals surface area contributed by atoms with Crippen LogP contribution in [0.15, 0.2) is 36.4 Å². The zero-order valence-corrected chi connectivity index (χ0v) is 19.7. The first-order valence-electron chi connectivity index (χ1n) is 11.7. The summed E-state index contributed by atoms with van der Waals surface area (Å²) in [5.74, 6) is 1.10. The molecule has 2 heterocycles. The lowest BCUT2D eigenvalue weighted by molar-refractivity contribution is -0.124. The van der Waals surface area contributed by atoms with Crippen molar-refractivity contribution in [3.63, 3.8) is 0 Å². The molecule has 7 heteroatoms. The van der Waals surface area contributed by atoms with Crippen LogP contribution in [0.25, 0.3) is 0 Å². The van der Waals surface area contributed by atoms with Crippen LogP contribution in [-0.2, 0) is 4.79 Å². The van der Waals surface area contributed by atoms with E-state index in [2.05, 4.69) is 10.2 Å². The number of rotatable bonds is 7. The molecule has 1 saturated heterocycles. The highest BCUT2D eigenvalue weighted by Gasteiger charge is 2.33. The predicted molar refractivity (Wildman–Crippen MR) is 128 cm³/mol. The molecule has 2 aliphatic heterocycles. The van der Waals surface area contributed by atoms with Crippen LogP contribution < -0.4 is 20.5 Å². The number of hydrogen-bond donors (Lipinski definition) is 3. The minimum absolute atomic E-state index is 0.265. The highest BCUT2D eigenvalue weighted by Crippen LogP contribution is 2.33. The van der Waals surface area contributed by atoms with E-state index in [0.29, 0.717) is 18.9 Å². The number of carbonyl (C=O) groups excluding carboxylic acids is 1. The molecule has 2 aliphatic rings. The Balaban J connectivity index is 1.30. The summed E-state index contributed by atoms with van der Waals surface area (Å²) in [5, 5.41) is 14.2. The first kappa shape index (κ1) is 23.5. The standard InChI is InChI=1S/C26H35N3O4/c1-16-7-8-21-22(13-16)33-23(15-32-21)20(30)14-28-19-9-11-29(12-10-19)25(26(27)31)24-17(2)5-4-6-18(24)3/h4-8,13,19-20,23,25,28,30H,9-12,14-15H2,1-3H3,(H2,27,31). The summed E-state index contributed by atoms with van der Waals surface area (Å²) in [4.78, 5) is 14.6. The van der Waals surface area contributed by atoms with Crippen LogP contribution in [0, 0.1) is 20.8 Å². The van der Waals surface area contributed by atoms with Crippen molar-refractivity contribution in [2.24, 2.45) is 5.73 Å². The third-order valence-corrected chi connectivity index (χ3v) is 6.81. The minimum atomic E-state index is -0.676. The number of fused-ring (bicyclic) bond motifs is 1. The van der Waals surface area contributed by atoms with Crippen LogP contribution in [0.4, 0.5) is 0 Å². The number of carbonyl (C=O) groups is 1. The van der Waals surface area contributed by atoms with Crippen molar-refractivity contribution in [3.05, 3.63) is 58.7 Å². The van der Waals surface area contributed by atoms with E-state index in [4.69, 9.17) is 15.2 Å². The normalized spacial score (nSPS) is 20.9. The molecule has 1 fully saturated rings. The molecule has 1 amide bonds. The molecule has 2 aromatic carbocycles. The molecule has 178 valence electrons.